The van der Waals surface area contributed by atoms with Crippen LogP contribution in [0.3, 0.4) is 0 Å². The Morgan fingerprint density at radius 2 is 2.18 bits per heavy atom. The van der Waals surface area contributed by atoms with Crippen LogP contribution in [0.15, 0.2) is 0 Å². The SMILES string of the molecule is CC.CNC(=O)C1CCCN1. The third-order valence-electron chi connectivity index (χ3n) is 1.62. The summed E-state index contributed by atoms with van der Waals surface area (Å²) >= 11 is 0. The van der Waals surface area contributed by atoms with Crippen molar-refractivity contribution < 1.29 is 4.79 Å². The summed E-state index contributed by atoms with van der Waals surface area (Å²) < 4.78 is 0. The van der Waals surface area contributed by atoms with E-state index in [0.29, 0.717) is 0 Å². The predicted molar refractivity (Wildman–Crippen MR) is 46.4 cm³/mol. The summed E-state index contributed by atoms with van der Waals surface area (Å²) in [5, 5.41) is 5.70. The molecule has 0 aromatic carbocycles. The Kier molecular flexibility index (Phi) is 5.84. The van der Waals surface area contributed by atoms with Crippen LogP contribution in [0, 0.1) is 0 Å². The van der Waals surface area contributed by atoms with Gasteiger partial charge in [0.25, 0.3) is 0 Å². The molecule has 1 unspecified atom stereocenters. The molecule has 0 bridgehead atoms. The van der Waals surface area contributed by atoms with E-state index >= 15 is 0 Å². The number of nitrogens with one attached hydrogen (secondary N) is 2. The molecule has 0 spiro atoms. The van der Waals surface area contributed by atoms with Crippen molar-refractivity contribution in [1.82, 2.24) is 10.6 Å². The third kappa shape index (κ3) is 3.37. The average molecular weight is 158 g/mol. The summed E-state index contributed by atoms with van der Waals surface area (Å²) in [6.07, 6.45) is 2.11. The summed E-state index contributed by atoms with van der Waals surface area (Å²) in [6, 6.07) is 0.0787. The second-order valence-corrected chi connectivity index (χ2v) is 2.26. The van der Waals surface area contributed by atoms with Gasteiger partial charge in [-0.15, -0.1) is 0 Å². The van der Waals surface area contributed by atoms with E-state index in [0.717, 1.165) is 19.4 Å². The maximum atomic E-state index is 10.8. The maximum absolute atomic E-state index is 10.8. The Bertz CT molecular complexity index is 109. The molecule has 3 nitrogen and oxygen atoms in total. The molecule has 0 aromatic rings. The van der Waals surface area contributed by atoms with Gasteiger partial charge >= 0.3 is 0 Å². The van der Waals surface area contributed by atoms with E-state index in [4.69, 9.17) is 0 Å². The number of hydrogen-bond acceptors (Lipinski definition) is 2. The highest BCUT2D eigenvalue weighted by atomic mass is 16.2. The molecule has 0 radical (unpaired) electrons. The fraction of sp³-hybridized carbons (Fsp3) is 0.875. The Balaban J connectivity index is 0.000000461. The van der Waals surface area contributed by atoms with Crippen LogP contribution < -0.4 is 10.6 Å². The number of carbonyl (C=O) groups excluding carboxylic acids is 1. The molecule has 66 valence electrons. The minimum absolute atomic E-state index is 0.0787. The first kappa shape index (κ1) is 10.4. The first-order valence-electron chi connectivity index (χ1n) is 4.29. The van der Waals surface area contributed by atoms with E-state index in [9.17, 15) is 4.79 Å². The molecule has 1 aliphatic rings. The minimum atomic E-state index is 0.0787. The van der Waals surface area contributed by atoms with Crippen LogP contribution >= 0.6 is 0 Å². The van der Waals surface area contributed by atoms with Gasteiger partial charge in [0.2, 0.25) is 5.91 Å². The quantitative estimate of drug-likeness (QED) is 0.584. The molecule has 1 aliphatic heterocycles. The van der Waals surface area contributed by atoms with Gasteiger partial charge in [0.15, 0.2) is 0 Å². The van der Waals surface area contributed by atoms with Crippen LogP contribution in [-0.2, 0) is 4.79 Å². The molecule has 1 atom stereocenters. The van der Waals surface area contributed by atoms with Crippen LogP contribution in [0.1, 0.15) is 26.7 Å². The highest BCUT2D eigenvalue weighted by Gasteiger charge is 2.19. The first-order valence-corrected chi connectivity index (χ1v) is 4.29. The Morgan fingerprint density at radius 3 is 2.55 bits per heavy atom. The zero-order valence-electron chi connectivity index (χ0n) is 7.61. The number of amides is 1. The van der Waals surface area contributed by atoms with Crippen LogP contribution in [0.2, 0.25) is 0 Å². The maximum Gasteiger partial charge on any atom is 0.236 e. The smallest absolute Gasteiger partial charge is 0.236 e. The summed E-state index contributed by atoms with van der Waals surface area (Å²) in [5.41, 5.74) is 0. The third-order valence-corrected chi connectivity index (χ3v) is 1.62. The molecule has 1 saturated heterocycles. The Morgan fingerprint density at radius 1 is 1.55 bits per heavy atom. The summed E-state index contributed by atoms with van der Waals surface area (Å²) in [7, 11) is 1.67. The van der Waals surface area contributed by atoms with Gasteiger partial charge in [-0.25, -0.2) is 0 Å². The van der Waals surface area contributed by atoms with Crippen LogP contribution in [-0.4, -0.2) is 25.5 Å². The van der Waals surface area contributed by atoms with E-state index in [1.54, 1.807) is 7.05 Å². The molecule has 1 fully saturated rings. The summed E-state index contributed by atoms with van der Waals surface area (Å²) in [6.45, 7) is 4.98. The van der Waals surface area contributed by atoms with E-state index in [2.05, 4.69) is 10.6 Å². The lowest BCUT2D eigenvalue weighted by atomic mass is 10.2. The van der Waals surface area contributed by atoms with Crippen LogP contribution in [0.5, 0.6) is 0 Å². The lowest BCUT2D eigenvalue weighted by Crippen LogP contribution is -2.38. The van der Waals surface area contributed by atoms with Gasteiger partial charge in [-0.05, 0) is 19.4 Å². The summed E-state index contributed by atoms with van der Waals surface area (Å²) in [5.74, 6) is 0.118. The van der Waals surface area contributed by atoms with Gasteiger partial charge in [0.1, 0.15) is 0 Å². The van der Waals surface area contributed by atoms with Gasteiger partial charge in [-0.2, -0.15) is 0 Å². The van der Waals surface area contributed by atoms with Crippen molar-refractivity contribution >= 4 is 5.91 Å². The number of carbonyl (C=O) groups is 1. The lowest BCUT2D eigenvalue weighted by Gasteiger charge is -2.05. The molecule has 0 aliphatic carbocycles. The van der Waals surface area contributed by atoms with Gasteiger partial charge in [0.05, 0.1) is 6.04 Å². The van der Waals surface area contributed by atoms with Crippen molar-refractivity contribution in [2.24, 2.45) is 0 Å². The molecular weight excluding hydrogens is 140 g/mol. The molecular formula is C8H18N2O. The fourth-order valence-corrected chi connectivity index (χ4v) is 1.08. The van der Waals surface area contributed by atoms with Crippen molar-refractivity contribution in [2.75, 3.05) is 13.6 Å². The molecule has 11 heavy (non-hydrogen) atoms. The molecule has 0 saturated carbocycles. The van der Waals surface area contributed by atoms with Gasteiger partial charge < -0.3 is 10.6 Å². The van der Waals surface area contributed by atoms with Crippen LogP contribution in [0.4, 0.5) is 0 Å². The number of rotatable bonds is 1. The highest BCUT2D eigenvalue weighted by Crippen LogP contribution is 2.03. The van der Waals surface area contributed by atoms with Crippen LogP contribution in [0.25, 0.3) is 0 Å². The molecule has 1 heterocycles. The van der Waals surface area contributed by atoms with Crippen molar-refractivity contribution in [2.45, 2.75) is 32.7 Å². The largest absolute Gasteiger partial charge is 0.358 e. The second-order valence-electron chi connectivity index (χ2n) is 2.26. The monoisotopic (exact) mass is 158 g/mol. The number of hydrogen-bond donors (Lipinski definition) is 2. The van der Waals surface area contributed by atoms with E-state index in [1.165, 1.54) is 0 Å². The number of likely N-dealkylation sites (N-methyl/N-ethyl adjacent to an activating group) is 1. The van der Waals surface area contributed by atoms with Gasteiger partial charge in [0, 0.05) is 7.05 Å². The minimum Gasteiger partial charge on any atom is -0.358 e. The van der Waals surface area contributed by atoms with E-state index < -0.39 is 0 Å². The zero-order chi connectivity index (χ0) is 8.69. The molecule has 3 heteroatoms. The molecule has 0 aromatic heterocycles. The van der Waals surface area contributed by atoms with E-state index in [-0.39, 0.29) is 11.9 Å². The predicted octanol–water partition coefficient (Wildman–Crippen LogP) is 0.511. The summed E-state index contributed by atoms with van der Waals surface area (Å²) in [4.78, 5) is 10.8. The molecule has 1 rings (SSSR count). The lowest BCUT2D eigenvalue weighted by molar-refractivity contribution is -0.122. The average Bonchev–Trinajstić information content (AvgIpc) is 2.59. The normalized spacial score (nSPS) is 21.9. The van der Waals surface area contributed by atoms with Gasteiger partial charge in [-0.3, -0.25) is 4.79 Å². The Labute approximate surface area is 68.6 Å². The fourth-order valence-electron chi connectivity index (χ4n) is 1.08. The topological polar surface area (TPSA) is 41.1 Å². The highest BCUT2D eigenvalue weighted by molar-refractivity contribution is 5.81. The Hall–Kier alpha value is -0.570. The van der Waals surface area contributed by atoms with Crippen molar-refractivity contribution in [1.29, 1.82) is 0 Å². The molecule has 1 amide bonds. The second kappa shape index (κ2) is 6.16. The van der Waals surface area contributed by atoms with Crippen molar-refractivity contribution in [3.63, 3.8) is 0 Å². The van der Waals surface area contributed by atoms with Crippen molar-refractivity contribution in [3.8, 4) is 0 Å². The van der Waals surface area contributed by atoms with Crippen molar-refractivity contribution in [3.05, 3.63) is 0 Å². The first-order chi connectivity index (χ1) is 5.34. The van der Waals surface area contributed by atoms with Gasteiger partial charge in [-0.1, -0.05) is 13.8 Å². The molecule has 2 N–H and O–H groups in total. The standard InChI is InChI=1S/C6H12N2O.C2H6/c1-7-6(9)5-3-2-4-8-5;1-2/h5,8H,2-4H2,1H3,(H,7,9);1-2H3. The zero-order valence-corrected chi connectivity index (χ0v) is 7.61. The van der Waals surface area contributed by atoms with E-state index in [1.807, 2.05) is 13.8 Å².